The maximum atomic E-state index is 13.0. The zero-order chi connectivity index (χ0) is 22.4. The van der Waals surface area contributed by atoms with E-state index in [9.17, 15) is 14.4 Å². The highest BCUT2D eigenvalue weighted by molar-refractivity contribution is 5.93. The van der Waals surface area contributed by atoms with Crippen LogP contribution >= 0.6 is 0 Å². The predicted octanol–water partition coefficient (Wildman–Crippen LogP) is 5.02. The number of ketones is 1. The van der Waals surface area contributed by atoms with Crippen LogP contribution < -0.4 is 10.6 Å². The van der Waals surface area contributed by atoms with Crippen LogP contribution in [0.3, 0.4) is 0 Å². The molecule has 0 unspecified atom stereocenters. The number of benzene rings is 2. The molecule has 0 heterocycles. The van der Waals surface area contributed by atoms with Crippen LogP contribution in [-0.2, 0) is 14.3 Å². The van der Waals surface area contributed by atoms with Crippen LogP contribution in [0, 0.1) is 11.8 Å². The lowest BCUT2D eigenvalue weighted by Crippen LogP contribution is -2.50. The molecular weight excluding hydrogens is 396 g/mol. The third-order valence-corrected chi connectivity index (χ3v) is 5.28. The summed E-state index contributed by atoms with van der Waals surface area (Å²) in [6.07, 6.45) is -2.78. The maximum absolute atomic E-state index is 13.0. The van der Waals surface area contributed by atoms with Gasteiger partial charge in [-0.1, -0.05) is 55.5 Å². The Hall–Kier alpha value is -3.61. The van der Waals surface area contributed by atoms with Gasteiger partial charge in [-0.15, -0.1) is 0 Å². The molecule has 1 saturated carbocycles. The van der Waals surface area contributed by atoms with Gasteiger partial charge < -0.3 is 9.47 Å². The Kier molecular flexibility index (Phi) is 7.07. The molecule has 0 aromatic heterocycles. The largest absolute Gasteiger partial charge is 0.446 e. The molecular formula is C24H26N2O5. The number of rotatable bonds is 5. The van der Waals surface area contributed by atoms with Gasteiger partial charge in [-0.25, -0.2) is 9.59 Å². The molecule has 1 aliphatic carbocycles. The van der Waals surface area contributed by atoms with E-state index in [1.165, 1.54) is 0 Å². The van der Waals surface area contributed by atoms with E-state index in [4.69, 9.17) is 9.47 Å². The fourth-order valence-electron chi connectivity index (χ4n) is 3.57. The van der Waals surface area contributed by atoms with E-state index in [0.717, 1.165) is 0 Å². The first-order valence-corrected chi connectivity index (χ1v) is 10.1. The third-order valence-electron chi connectivity index (χ3n) is 5.28. The fraction of sp³-hybridized carbons (Fsp3) is 0.292. The number of carbonyl (C=O) groups excluding carboxylic acids is 3. The van der Waals surface area contributed by atoms with Gasteiger partial charge in [-0.3, -0.25) is 15.4 Å². The Labute approximate surface area is 181 Å². The van der Waals surface area contributed by atoms with E-state index in [2.05, 4.69) is 17.2 Å². The first-order chi connectivity index (χ1) is 14.8. The molecule has 7 nitrogen and oxygen atoms in total. The van der Waals surface area contributed by atoms with Gasteiger partial charge in [0.15, 0.2) is 11.9 Å². The van der Waals surface area contributed by atoms with Gasteiger partial charge in [0.1, 0.15) is 6.10 Å². The van der Waals surface area contributed by atoms with Gasteiger partial charge in [0, 0.05) is 23.2 Å². The van der Waals surface area contributed by atoms with Crippen LogP contribution in [0.2, 0.25) is 0 Å². The van der Waals surface area contributed by atoms with Crippen molar-refractivity contribution in [3.05, 3.63) is 72.8 Å². The monoisotopic (exact) mass is 422 g/mol. The maximum Gasteiger partial charge on any atom is 0.412 e. The lowest BCUT2D eigenvalue weighted by atomic mass is 9.75. The summed E-state index contributed by atoms with van der Waals surface area (Å²) in [5.74, 6) is -1.34. The average Bonchev–Trinajstić information content (AvgIpc) is 2.74. The highest BCUT2D eigenvalue weighted by Crippen LogP contribution is 2.34. The zero-order valence-corrected chi connectivity index (χ0v) is 17.5. The van der Waals surface area contributed by atoms with E-state index < -0.39 is 36.2 Å². The number of nitrogens with one attached hydrogen (secondary N) is 2. The number of para-hydroxylation sites is 2. The predicted molar refractivity (Wildman–Crippen MR) is 118 cm³/mol. The minimum Gasteiger partial charge on any atom is -0.446 e. The Morgan fingerprint density at radius 1 is 0.903 bits per heavy atom. The number of amides is 2. The molecule has 1 fully saturated rings. The first-order valence-electron chi connectivity index (χ1n) is 10.1. The zero-order valence-electron chi connectivity index (χ0n) is 17.5. The minimum atomic E-state index is -1.06. The summed E-state index contributed by atoms with van der Waals surface area (Å²) in [6, 6.07) is 17.7. The standard InChI is InChI=1S/C24H26N2O5/c1-15(2)19-14-20(30-23(28)25-17-10-6-4-7-11-17)16(3)22(21(19)27)31-24(29)26-18-12-8-5-9-13-18/h4-13,16,19-20,22H,1,14H2,2-3H3,(H,25,28)(H,26,29)/t16-,19+,20-,22+/m0/s1. The van der Waals surface area contributed by atoms with Crippen molar-refractivity contribution in [1.82, 2.24) is 0 Å². The minimum absolute atomic E-state index is 0.244. The lowest BCUT2D eigenvalue weighted by molar-refractivity contribution is -0.141. The number of carbonyl (C=O) groups is 3. The number of Topliss-reactive ketones (excluding diaryl/α,β-unsaturated/α-hetero) is 1. The second-order valence-electron chi connectivity index (χ2n) is 7.65. The Balaban J connectivity index is 1.70. The molecule has 2 N–H and O–H groups in total. The summed E-state index contributed by atoms with van der Waals surface area (Å²) < 4.78 is 11.1. The van der Waals surface area contributed by atoms with Gasteiger partial charge in [0.2, 0.25) is 0 Å². The first kappa shape index (κ1) is 22.1. The van der Waals surface area contributed by atoms with Crippen molar-refractivity contribution in [2.45, 2.75) is 32.5 Å². The topological polar surface area (TPSA) is 93.7 Å². The van der Waals surface area contributed by atoms with E-state index in [1.807, 2.05) is 12.1 Å². The number of ether oxygens (including phenoxy) is 2. The summed E-state index contributed by atoms with van der Waals surface area (Å²) in [6.45, 7) is 7.35. The quantitative estimate of drug-likeness (QED) is 0.660. The molecule has 0 aliphatic heterocycles. The molecule has 1 aliphatic rings. The third kappa shape index (κ3) is 5.72. The molecule has 0 spiro atoms. The second-order valence-corrected chi connectivity index (χ2v) is 7.65. The molecule has 0 saturated heterocycles. The number of allylic oxidation sites excluding steroid dienone is 1. The molecule has 7 heteroatoms. The van der Waals surface area contributed by atoms with E-state index in [-0.39, 0.29) is 12.2 Å². The number of hydrogen-bond donors (Lipinski definition) is 2. The van der Waals surface area contributed by atoms with Gasteiger partial charge >= 0.3 is 12.2 Å². The summed E-state index contributed by atoms with van der Waals surface area (Å²) in [4.78, 5) is 37.7. The van der Waals surface area contributed by atoms with E-state index in [0.29, 0.717) is 16.9 Å². The normalized spacial score (nSPS) is 22.8. The molecule has 2 aromatic rings. The fourth-order valence-corrected chi connectivity index (χ4v) is 3.57. The summed E-state index contributed by atoms with van der Waals surface area (Å²) in [7, 11) is 0. The molecule has 2 aromatic carbocycles. The van der Waals surface area contributed by atoms with Gasteiger partial charge in [0.25, 0.3) is 0 Å². The van der Waals surface area contributed by atoms with Crippen LogP contribution in [0.25, 0.3) is 0 Å². The number of anilines is 2. The Morgan fingerprint density at radius 2 is 1.39 bits per heavy atom. The van der Waals surface area contributed by atoms with Crippen LogP contribution in [-0.4, -0.2) is 30.2 Å². The van der Waals surface area contributed by atoms with Gasteiger partial charge in [-0.05, 0) is 37.6 Å². The summed E-state index contributed by atoms with van der Waals surface area (Å²) >= 11 is 0. The van der Waals surface area contributed by atoms with Gasteiger partial charge in [-0.2, -0.15) is 0 Å². The highest BCUT2D eigenvalue weighted by atomic mass is 16.6. The summed E-state index contributed by atoms with van der Waals surface area (Å²) in [5, 5.41) is 5.27. The molecule has 3 rings (SSSR count). The highest BCUT2D eigenvalue weighted by Gasteiger charge is 2.46. The second kappa shape index (κ2) is 9.93. The van der Waals surface area contributed by atoms with Crippen molar-refractivity contribution in [3.8, 4) is 0 Å². The molecule has 31 heavy (non-hydrogen) atoms. The lowest BCUT2D eigenvalue weighted by Gasteiger charge is -2.38. The van der Waals surface area contributed by atoms with Crippen molar-refractivity contribution in [2.75, 3.05) is 10.6 Å². The van der Waals surface area contributed by atoms with Gasteiger partial charge in [0.05, 0.1) is 0 Å². The number of hydrogen-bond acceptors (Lipinski definition) is 5. The van der Waals surface area contributed by atoms with Crippen molar-refractivity contribution in [3.63, 3.8) is 0 Å². The smallest absolute Gasteiger partial charge is 0.412 e. The van der Waals surface area contributed by atoms with Crippen LogP contribution in [0.15, 0.2) is 72.8 Å². The van der Waals surface area contributed by atoms with Crippen LogP contribution in [0.5, 0.6) is 0 Å². The van der Waals surface area contributed by atoms with Crippen LogP contribution in [0.1, 0.15) is 20.3 Å². The van der Waals surface area contributed by atoms with Crippen molar-refractivity contribution < 1.29 is 23.9 Å². The van der Waals surface area contributed by atoms with Crippen molar-refractivity contribution >= 4 is 29.3 Å². The van der Waals surface area contributed by atoms with E-state index >= 15 is 0 Å². The molecule has 2 amide bonds. The molecule has 0 bridgehead atoms. The molecule has 4 atom stereocenters. The SMILES string of the molecule is C=C(C)[C@H]1C[C@H](OC(=O)Nc2ccccc2)[C@H](C)[C@@H](OC(=O)Nc2ccccc2)C1=O. The Morgan fingerprint density at radius 3 is 1.87 bits per heavy atom. The average molecular weight is 422 g/mol. The van der Waals surface area contributed by atoms with E-state index in [1.54, 1.807) is 62.4 Å². The Bertz CT molecular complexity index is 945. The molecule has 0 radical (unpaired) electrons. The summed E-state index contributed by atoms with van der Waals surface area (Å²) in [5.41, 5.74) is 1.78. The van der Waals surface area contributed by atoms with Crippen LogP contribution in [0.4, 0.5) is 21.0 Å². The molecule has 162 valence electrons. The van der Waals surface area contributed by atoms with Crippen molar-refractivity contribution in [1.29, 1.82) is 0 Å². The van der Waals surface area contributed by atoms with Crippen molar-refractivity contribution in [2.24, 2.45) is 11.8 Å².